The van der Waals surface area contributed by atoms with Gasteiger partial charge in [-0.2, -0.15) is 0 Å². The van der Waals surface area contributed by atoms with E-state index < -0.39 is 18.2 Å². The second-order valence-corrected chi connectivity index (χ2v) is 12.2. The van der Waals surface area contributed by atoms with E-state index in [1.54, 1.807) is 0 Å². The Hall–Kier alpha value is -5.27. The second-order valence-electron chi connectivity index (χ2n) is 12.2. The van der Waals surface area contributed by atoms with Crippen LogP contribution in [0.1, 0.15) is 46.9 Å². The maximum atomic E-state index is 12.0. The Labute approximate surface area is 321 Å². The third-order valence-corrected chi connectivity index (χ3v) is 8.58. The molecule has 0 aromatic heterocycles. The lowest BCUT2D eigenvalue weighted by molar-refractivity contribution is -0.141. The molecule has 4 aromatic rings. The van der Waals surface area contributed by atoms with Gasteiger partial charge in [-0.15, -0.1) is 12.4 Å². The number of rotatable bonds is 14. The Balaban J connectivity index is 0.000000252. The molecule has 13 heteroatoms. The molecule has 2 amide bonds. The molecule has 54 heavy (non-hydrogen) atoms. The highest BCUT2D eigenvalue weighted by atomic mass is 35.5. The Kier molecular flexibility index (Phi) is 18.2. The zero-order valence-electron chi connectivity index (χ0n) is 30.5. The van der Waals surface area contributed by atoms with Crippen molar-refractivity contribution in [3.05, 3.63) is 119 Å². The zero-order valence-corrected chi connectivity index (χ0v) is 31.3. The van der Waals surface area contributed by atoms with Gasteiger partial charge in [0.1, 0.15) is 26.4 Å². The number of alkyl carbamates (subject to hydrolysis) is 2. The molecule has 2 aliphatic rings. The van der Waals surface area contributed by atoms with E-state index in [1.807, 2.05) is 48.5 Å². The number of ether oxygens (including phenoxy) is 4. The second kappa shape index (κ2) is 22.7. The Morgan fingerprint density at radius 2 is 0.981 bits per heavy atom. The highest BCUT2D eigenvalue weighted by molar-refractivity contribution is 5.85. The van der Waals surface area contributed by atoms with Crippen molar-refractivity contribution in [2.75, 3.05) is 60.3 Å². The third-order valence-electron chi connectivity index (χ3n) is 8.58. The van der Waals surface area contributed by atoms with Gasteiger partial charge in [0.25, 0.3) is 0 Å². The molecule has 0 aliphatic heterocycles. The number of carbonyl (C=O) groups is 4. The molecule has 12 nitrogen and oxygen atoms in total. The van der Waals surface area contributed by atoms with Crippen LogP contribution in [-0.2, 0) is 28.5 Å². The number of methoxy groups -OCH3 is 2. The smallest absolute Gasteiger partial charge is 0.407 e. The predicted octanol–water partition coefficient (Wildman–Crippen LogP) is 6.14. The van der Waals surface area contributed by atoms with E-state index in [2.05, 4.69) is 63.9 Å². The molecule has 2 aliphatic carbocycles. The monoisotopic (exact) mass is 761 g/mol. The summed E-state index contributed by atoms with van der Waals surface area (Å²) in [6.07, 6.45) is 0.0949. The fraction of sp³-hybridized carbons (Fsp3) is 0.317. The molecule has 0 atom stereocenters. The van der Waals surface area contributed by atoms with Gasteiger partial charge in [-0.1, -0.05) is 97.1 Å². The van der Waals surface area contributed by atoms with E-state index in [0.29, 0.717) is 45.7 Å². The summed E-state index contributed by atoms with van der Waals surface area (Å²) in [4.78, 5) is 44.4. The number of carboxylic acid groups (broad SMARTS) is 1. The largest absolute Gasteiger partial charge is 0.480 e. The number of nitrogens with two attached hydrogens (primary N) is 1. The summed E-state index contributed by atoms with van der Waals surface area (Å²) in [7, 11) is 2.83. The fourth-order valence-corrected chi connectivity index (χ4v) is 6.31. The molecule has 0 fully saturated rings. The van der Waals surface area contributed by atoms with Crippen LogP contribution in [0.3, 0.4) is 0 Å². The minimum absolute atomic E-state index is 0. The summed E-state index contributed by atoms with van der Waals surface area (Å²) in [5.41, 5.74) is 15.0. The number of benzene rings is 4. The van der Waals surface area contributed by atoms with Crippen molar-refractivity contribution in [2.24, 2.45) is 5.73 Å². The molecule has 4 aromatic carbocycles. The van der Waals surface area contributed by atoms with Crippen LogP contribution in [-0.4, -0.2) is 89.3 Å². The average molecular weight is 762 g/mol. The van der Waals surface area contributed by atoms with E-state index in [1.165, 1.54) is 58.7 Å². The van der Waals surface area contributed by atoms with Crippen LogP contribution in [0.2, 0.25) is 0 Å². The number of amides is 2. The van der Waals surface area contributed by atoms with Crippen LogP contribution in [0.5, 0.6) is 0 Å². The van der Waals surface area contributed by atoms with Crippen molar-refractivity contribution >= 4 is 36.3 Å². The van der Waals surface area contributed by atoms with Gasteiger partial charge < -0.3 is 40.4 Å². The molecule has 0 saturated heterocycles. The molecule has 0 saturated carbocycles. The molecular formula is C41H48ClN3O9. The number of fused-ring (bicyclic) bond motifs is 6. The molecule has 0 unspecified atom stereocenters. The molecule has 0 spiro atoms. The number of hydrogen-bond acceptors (Lipinski definition) is 9. The standard InChI is InChI=1S/C21H23NO4.C17H18N2O2.C3H6O3.ClH/c1-25-13-15(23)7-6-12-22-21(24)26-14-20-18-10-4-2-8-16(18)17-9-3-5-11-19(17)20;18-9-10-19-17(20)21-11-16-14-7-3-1-5-12(14)13-6-2-4-8-15(13)16;1-6-2-3(4)5;/h2-5,8-11,20H,6-7,12-14H2,1H3,(H,22,24);1-8,16H,9-11,18H2,(H,19,20);2H2,1H3,(H,4,5);1H. The molecular weight excluding hydrogens is 714 g/mol. The van der Waals surface area contributed by atoms with Crippen LogP contribution in [0.25, 0.3) is 22.3 Å². The van der Waals surface area contributed by atoms with Crippen molar-refractivity contribution in [1.29, 1.82) is 0 Å². The van der Waals surface area contributed by atoms with Crippen LogP contribution in [0.15, 0.2) is 97.1 Å². The maximum absolute atomic E-state index is 12.0. The molecule has 5 N–H and O–H groups in total. The van der Waals surface area contributed by atoms with Crippen LogP contribution < -0.4 is 16.4 Å². The topological polar surface area (TPSA) is 176 Å². The molecule has 288 valence electrons. The number of Topliss-reactive ketones (excluding diaryl/α,β-unsaturated/α-hetero) is 1. The van der Waals surface area contributed by atoms with Crippen molar-refractivity contribution in [3.63, 3.8) is 0 Å². The van der Waals surface area contributed by atoms with E-state index in [9.17, 15) is 19.2 Å². The number of halogens is 1. The van der Waals surface area contributed by atoms with E-state index in [0.717, 1.165) is 0 Å². The van der Waals surface area contributed by atoms with Gasteiger partial charge in [-0.05, 0) is 50.9 Å². The number of ketones is 1. The first-order valence-corrected chi connectivity index (χ1v) is 17.4. The minimum atomic E-state index is -0.933. The van der Waals surface area contributed by atoms with Crippen molar-refractivity contribution in [2.45, 2.75) is 24.7 Å². The lowest BCUT2D eigenvalue weighted by atomic mass is 9.98. The van der Waals surface area contributed by atoms with E-state index in [-0.39, 0.29) is 43.2 Å². The van der Waals surface area contributed by atoms with E-state index in [4.69, 9.17) is 25.1 Å². The molecule has 6 rings (SSSR count). The summed E-state index contributed by atoms with van der Waals surface area (Å²) in [5.74, 6) is -0.753. The molecule has 0 bridgehead atoms. The number of carboxylic acids is 1. The summed E-state index contributed by atoms with van der Waals surface area (Å²) in [6, 6.07) is 33.0. The third kappa shape index (κ3) is 12.1. The first-order valence-electron chi connectivity index (χ1n) is 17.4. The highest BCUT2D eigenvalue weighted by Gasteiger charge is 2.30. The van der Waals surface area contributed by atoms with E-state index >= 15 is 0 Å². The predicted molar refractivity (Wildman–Crippen MR) is 208 cm³/mol. The van der Waals surface area contributed by atoms with Crippen molar-refractivity contribution < 1.29 is 43.2 Å². The Morgan fingerprint density at radius 1 is 0.611 bits per heavy atom. The number of carbonyl (C=O) groups excluding carboxylic acids is 3. The lowest BCUT2D eigenvalue weighted by Crippen LogP contribution is -2.30. The van der Waals surface area contributed by atoms with Crippen LogP contribution in [0, 0.1) is 0 Å². The highest BCUT2D eigenvalue weighted by Crippen LogP contribution is 2.45. The van der Waals surface area contributed by atoms with Crippen LogP contribution >= 0.6 is 12.4 Å². The molecule has 0 radical (unpaired) electrons. The number of aliphatic carboxylic acids is 1. The van der Waals surface area contributed by atoms with Gasteiger partial charge in [0, 0.05) is 52.1 Å². The van der Waals surface area contributed by atoms with Gasteiger partial charge in [0.2, 0.25) is 0 Å². The van der Waals surface area contributed by atoms with Crippen molar-refractivity contribution in [1.82, 2.24) is 10.6 Å². The number of nitrogens with one attached hydrogen (secondary N) is 2. The minimum Gasteiger partial charge on any atom is -0.480 e. The van der Waals surface area contributed by atoms with Crippen molar-refractivity contribution in [3.8, 4) is 22.3 Å². The summed E-state index contributed by atoms with van der Waals surface area (Å²) in [6.45, 7) is 1.78. The lowest BCUT2D eigenvalue weighted by Gasteiger charge is -2.14. The van der Waals surface area contributed by atoms with Gasteiger partial charge in [-0.3, -0.25) is 4.79 Å². The van der Waals surface area contributed by atoms with Gasteiger partial charge in [-0.25, -0.2) is 14.4 Å². The first kappa shape index (κ1) is 43.1. The Bertz CT molecular complexity index is 1750. The summed E-state index contributed by atoms with van der Waals surface area (Å²) >= 11 is 0. The molecule has 0 heterocycles. The SMILES string of the molecule is COCC(=O)CCCNC(=O)OCC1c2ccccc2-c2ccccc21.COCC(=O)O.Cl.NCCNC(=O)OCC1c2ccccc2-c2ccccc21. The number of hydrogen-bond donors (Lipinski definition) is 4. The van der Waals surface area contributed by atoms with Crippen LogP contribution in [0.4, 0.5) is 9.59 Å². The summed E-state index contributed by atoms with van der Waals surface area (Å²) in [5, 5.41) is 13.1. The van der Waals surface area contributed by atoms with Gasteiger partial charge in [0.15, 0.2) is 5.78 Å². The summed E-state index contributed by atoms with van der Waals surface area (Å²) < 4.78 is 19.7. The average Bonchev–Trinajstić information content (AvgIpc) is 3.67. The Morgan fingerprint density at radius 3 is 1.31 bits per heavy atom. The normalized spacial score (nSPS) is 11.8. The quantitative estimate of drug-likeness (QED) is 0.109. The fourth-order valence-electron chi connectivity index (χ4n) is 6.31. The zero-order chi connectivity index (χ0) is 38.0. The van der Waals surface area contributed by atoms with Gasteiger partial charge in [0.05, 0.1) is 0 Å². The maximum Gasteiger partial charge on any atom is 0.407 e. The first-order chi connectivity index (χ1) is 25.8. The van der Waals surface area contributed by atoms with Gasteiger partial charge >= 0.3 is 18.2 Å².